The molecule has 0 fully saturated rings. The molecule has 0 aromatic heterocycles. The van der Waals surface area contributed by atoms with Gasteiger partial charge in [-0.3, -0.25) is 10.1 Å². The summed E-state index contributed by atoms with van der Waals surface area (Å²) in [6, 6.07) is 7.94. The van der Waals surface area contributed by atoms with Gasteiger partial charge in [0.2, 0.25) is 5.91 Å². The average molecular weight is 266 g/mol. The molecule has 0 spiro atoms. The average Bonchev–Trinajstić information content (AvgIpc) is 2.39. The summed E-state index contributed by atoms with van der Waals surface area (Å²) >= 11 is 1.77. The maximum Gasteiger partial charge on any atom is 0.242 e. The van der Waals surface area contributed by atoms with Gasteiger partial charge in [0.15, 0.2) is 0 Å². The molecule has 3 N–H and O–H groups in total. The quantitative estimate of drug-likeness (QED) is 0.783. The summed E-state index contributed by atoms with van der Waals surface area (Å²) in [5.74, 6) is 0.575. The van der Waals surface area contributed by atoms with Gasteiger partial charge in [-0.2, -0.15) is 0 Å². The number of ether oxygens (including phenoxy) is 1. The summed E-state index contributed by atoms with van der Waals surface area (Å²) in [6.45, 7) is 1.17. The van der Waals surface area contributed by atoms with Crippen LogP contribution in [0.5, 0.6) is 0 Å². The molecule has 1 aromatic rings. The monoisotopic (exact) mass is 266 g/mol. The molecule has 0 aliphatic carbocycles. The number of nitrogens with two attached hydrogens (primary N) is 1. The Balaban J connectivity index is 2.33. The summed E-state index contributed by atoms with van der Waals surface area (Å²) in [5.41, 5.74) is 5.89. The lowest BCUT2D eigenvalue weighted by atomic mass is 9.85. The first kappa shape index (κ1) is 13.4. The molecule has 1 unspecified atom stereocenters. The normalized spacial score (nSPS) is 22.5. The molecule has 0 saturated heterocycles. The molecule has 1 aliphatic heterocycles. The number of nitrogens with one attached hydrogen (secondary N) is 1. The van der Waals surface area contributed by atoms with Crippen LogP contribution in [0.15, 0.2) is 29.2 Å². The van der Waals surface area contributed by atoms with Gasteiger partial charge in [0.1, 0.15) is 5.54 Å². The summed E-state index contributed by atoms with van der Waals surface area (Å²) in [5, 5.41) is 3.28. The van der Waals surface area contributed by atoms with Crippen molar-refractivity contribution in [2.24, 2.45) is 5.73 Å². The van der Waals surface area contributed by atoms with Crippen LogP contribution in [-0.2, 0) is 15.1 Å². The first-order chi connectivity index (χ1) is 8.70. The number of carbonyl (C=O) groups excluding carboxylic acids is 1. The van der Waals surface area contributed by atoms with Crippen molar-refractivity contribution in [1.29, 1.82) is 0 Å². The Hall–Kier alpha value is -1.04. The zero-order chi connectivity index (χ0) is 13.0. The predicted octanol–water partition coefficient (Wildman–Crippen LogP) is 1.10. The van der Waals surface area contributed by atoms with Gasteiger partial charge in [-0.15, -0.1) is 11.8 Å². The Labute approximate surface area is 111 Å². The molecular formula is C13H18N2O2S. The minimum atomic E-state index is -0.750. The standard InChI is InChI=1S/C13H18N2O2S/c1-17-8-7-15-13(12(14)16)6-9-18-11-5-3-2-4-10(11)13/h2-5,15H,6-9H2,1H3,(H2,14,16). The Kier molecular flexibility index (Phi) is 4.27. The van der Waals surface area contributed by atoms with E-state index in [-0.39, 0.29) is 5.91 Å². The van der Waals surface area contributed by atoms with Crippen molar-refractivity contribution in [2.45, 2.75) is 16.9 Å². The lowest BCUT2D eigenvalue weighted by Gasteiger charge is -2.37. The zero-order valence-corrected chi connectivity index (χ0v) is 11.3. The molecular weight excluding hydrogens is 248 g/mol. The number of amides is 1. The molecule has 0 radical (unpaired) electrons. The van der Waals surface area contributed by atoms with Crippen LogP contribution in [-0.4, -0.2) is 31.9 Å². The second kappa shape index (κ2) is 5.73. The van der Waals surface area contributed by atoms with Gasteiger partial charge in [0, 0.05) is 24.3 Å². The third kappa shape index (κ3) is 2.39. The minimum Gasteiger partial charge on any atom is -0.383 e. The van der Waals surface area contributed by atoms with Crippen molar-refractivity contribution in [1.82, 2.24) is 5.32 Å². The van der Waals surface area contributed by atoms with E-state index in [2.05, 4.69) is 5.32 Å². The van der Waals surface area contributed by atoms with E-state index in [4.69, 9.17) is 10.5 Å². The molecule has 0 bridgehead atoms. The molecule has 1 heterocycles. The van der Waals surface area contributed by atoms with Crippen LogP contribution < -0.4 is 11.1 Å². The predicted molar refractivity (Wildman–Crippen MR) is 72.5 cm³/mol. The summed E-state index contributed by atoms with van der Waals surface area (Å²) in [4.78, 5) is 13.1. The molecule has 1 amide bonds. The lowest BCUT2D eigenvalue weighted by Crippen LogP contribution is -2.55. The maximum absolute atomic E-state index is 11.9. The number of thioether (sulfide) groups is 1. The highest BCUT2D eigenvalue weighted by Crippen LogP contribution is 2.39. The van der Waals surface area contributed by atoms with Gasteiger partial charge in [-0.25, -0.2) is 0 Å². The van der Waals surface area contributed by atoms with E-state index in [1.807, 2.05) is 24.3 Å². The van der Waals surface area contributed by atoms with E-state index < -0.39 is 5.54 Å². The van der Waals surface area contributed by atoms with Gasteiger partial charge in [0.25, 0.3) is 0 Å². The lowest BCUT2D eigenvalue weighted by molar-refractivity contribution is -0.125. The summed E-state index contributed by atoms with van der Waals surface area (Å²) in [7, 11) is 1.64. The molecule has 1 atom stereocenters. The number of primary amides is 1. The van der Waals surface area contributed by atoms with Crippen molar-refractivity contribution in [3.8, 4) is 0 Å². The van der Waals surface area contributed by atoms with Crippen LogP contribution >= 0.6 is 11.8 Å². The van der Waals surface area contributed by atoms with Crippen LogP contribution in [0.4, 0.5) is 0 Å². The van der Waals surface area contributed by atoms with Gasteiger partial charge in [0.05, 0.1) is 6.61 Å². The third-order valence-electron chi connectivity index (χ3n) is 3.24. The summed E-state index contributed by atoms with van der Waals surface area (Å²) < 4.78 is 5.03. The van der Waals surface area contributed by atoms with Gasteiger partial charge < -0.3 is 10.5 Å². The first-order valence-corrected chi connectivity index (χ1v) is 6.95. The van der Waals surface area contributed by atoms with E-state index in [9.17, 15) is 4.79 Å². The molecule has 1 aliphatic rings. The maximum atomic E-state index is 11.9. The van der Waals surface area contributed by atoms with Crippen molar-refractivity contribution in [3.05, 3.63) is 29.8 Å². The molecule has 0 saturated carbocycles. The highest BCUT2D eigenvalue weighted by atomic mass is 32.2. The van der Waals surface area contributed by atoms with Crippen LogP contribution in [0.1, 0.15) is 12.0 Å². The molecule has 5 heteroatoms. The van der Waals surface area contributed by atoms with Crippen molar-refractivity contribution >= 4 is 17.7 Å². The van der Waals surface area contributed by atoms with E-state index in [0.29, 0.717) is 19.6 Å². The second-order valence-electron chi connectivity index (χ2n) is 4.28. The number of methoxy groups -OCH3 is 1. The van der Waals surface area contributed by atoms with E-state index in [1.165, 1.54) is 0 Å². The van der Waals surface area contributed by atoms with Crippen molar-refractivity contribution < 1.29 is 9.53 Å². The second-order valence-corrected chi connectivity index (χ2v) is 5.42. The number of hydrogen-bond acceptors (Lipinski definition) is 4. The smallest absolute Gasteiger partial charge is 0.242 e. The van der Waals surface area contributed by atoms with Crippen LogP contribution in [0.3, 0.4) is 0 Å². The van der Waals surface area contributed by atoms with Crippen molar-refractivity contribution in [3.63, 3.8) is 0 Å². The topological polar surface area (TPSA) is 64.3 Å². The van der Waals surface area contributed by atoms with E-state index in [0.717, 1.165) is 16.2 Å². The van der Waals surface area contributed by atoms with E-state index >= 15 is 0 Å². The Bertz CT molecular complexity index is 439. The highest BCUT2D eigenvalue weighted by molar-refractivity contribution is 7.99. The van der Waals surface area contributed by atoms with Crippen LogP contribution in [0, 0.1) is 0 Å². The molecule has 98 valence electrons. The third-order valence-corrected chi connectivity index (χ3v) is 4.31. The highest BCUT2D eigenvalue weighted by Gasteiger charge is 2.41. The number of carbonyl (C=O) groups is 1. The fourth-order valence-electron chi connectivity index (χ4n) is 2.29. The first-order valence-electron chi connectivity index (χ1n) is 5.97. The number of hydrogen-bond donors (Lipinski definition) is 2. The molecule has 1 aromatic carbocycles. The molecule has 4 nitrogen and oxygen atoms in total. The Morgan fingerprint density at radius 1 is 1.56 bits per heavy atom. The Morgan fingerprint density at radius 3 is 3.06 bits per heavy atom. The zero-order valence-electron chi connectivity index (χ0n) is 10.4. The fourth-order valence-corrected chi connectivity index (χ4v) is 3.49. The minimum absolute atomic E-state index is 0.314. The van der Waals surface area contributed by atoms with Gasteiger partial charge in [-0.05, 0) is 18.1 Å². The van der Waals surface area contributed by atoms with Gasteiger partial charge in [-0.1, -0.05) is 18.2 Å². The number of fused-ring (bicyclic) bond motifs is 1. The fraction of sp³-hybridized carbons (Fsp3) is 0.462. The summed E-state index contributed by atoms with van der Waals surface area (Å²) in [6.07, 6.45) is 0.716. The van der Waals surface area contributed by atoms with Gasteiger partial charge >= 0.3 is 0 Å². The van der Waals surface area contributed by atoms with E-state index in [1.54, 1.807) is 18.9 Å². The van der Waals surface area contributed by atoms with Crippen LogP contribution in [0.2, 0.25) is 0 Å². The Morgan fingerprint density at radius 2 is 2.33 bits per heavy atom. The number of rotatable bonds is 5. The van der Waals surface area contributed by atoms with Crippen LogP contribution in [0.25, 0.3) is 0 Å². The van der Waals surface area contributed by atoms with Crippen molar-refractivity contribution in [2.75, 3.05) is 26.0 Å². The molecule has 2 rings (SSSR count). The SMILES string of the molecule is COCCNC1(C(N)=O)CCSc2ccccc21. The largest absolute Gasteiger partial charge is 0.383 e. The number of benzene rings is 1. The molecule has 18 heavy (non-hydrogen) atoms.